The highest BCUT2D eigenvalue weighted by atomic mass is 35.5. The van der Waals surface area contributed by atoms with Crippen LogP contribution in [0.1, 0.15) is 21.9 Å². The van der Waals surface area contributed by atoms with Gasteiger partial charge in [0.15, 0.2) is 0 Å². The molecule has 2 rings (SSSR count). The Balaban J connectivity index is 2.06. The Morgan fingerprint density at radius 3 is 2.76 bits per heavy atom. The van der Waals surface area contributed by atoms with E-state index in [1.165, 1.54) is 18.3 Å². The van der Waals surface area contributed by atoms with E-state index >= 15 is 0 Å². The molecular weight excluding hydrogens is 288 g/mol. The molecule has 21 heavy (non-hydrogen) atoms. The van der Waals surface area contributed by atoms with E-state index in [0.717, 1.165) is 5.56 Å². The van der Waals surface area contributed by atoms with E-state index < -0.39 is 0 Å². The molecule has 1 aromatic heterocycles. The zero-order chi connectivity index (χ0) is 15.2. The Labute approximate surface area is 126 Å². The van der Waals surface area contributed by atoms with Gasteiger partial charge in [-0.2, -0.15) is 0 Å². The molecule has 0 aliphatic carbocycles. The van der Waals surface area contributed by atoms with Crippen LogP contribution in [0.15, 0.2) is 36.5 Å². The van der Waals surface area contributed by atoms with Gasteiger partial charge in [0.25, 0.3) is 5.91 Å². The van der Waals surface area contributed by atoms with Gasteiger partial charge in [0.05, 0.1) is 6.20 Å². The van der Waals surface area contributed by atoms with Crippen LogP contribution in [0.3, 0.4) is 0 Å². The lowest BCUT2D eigenvalue weighted by atomic mass is 10.2. The molecule has 5 nitrogen and oxygen atoms in total. The summed E-state index contributed by atoms with van der Waals surface area (Å²) in [6.45, 7) is 0. The van der Waals surface area contributed by atoms with Crippen molar-refractivity contribution in [2.24, 2.45) is 0 Å². The SMILES string of the molecule is C#Cc1ccc(NC(=O)c2cnc(/C=C\C(=N)Cl)[nH]2)cc1. The average Bonchev–Trinajstić information content (AvgIpc) is 2.95. The van der Waals surface area contributed by atoms with E-state index in [1.54, 1.807) is 24.3 Å². The number of H-pyrrole nitrogens is 1. The second-order valence-electron chi connectivity index (χ2n) is 4.04. The van der Waals surface area contributed by atoms with Crippen molar-refractivity contribution in [2.75, 3.05) is 5.32 Å². The number of nitrogens with zero attached hydrogens (tertiary/aromatic N) is 1. The van der Waals surface area contributed by atoms with Crippen LogP contribution in [0.2, 0.25) is 0 Å². The Kier molecular flexibility index (Phi) is 4.54. The third-order valence-electron chi connectivity index (χ3n) is 2.54. The molecule has 3 N–H and O–H groups in total. The number of halogens is 1. The molecule has 0 saturated carbocycles. The summed E-state index contributed by atoms with van der Waals surface area (Å²) in [7, 11) is 0. The van der Waals surface area contributed by atoms with Crippen LogP contribution in [-0.4, -0.2) is 21.0 Å². The number of aromatic amines is 1. The van der Waals surface area contributed by atoms with E-state index in [0.29, 0.717) is 17.2 Å². The lowest BCUT2D eigenvalue weighted by Gasteiger charge is -2.03. The number of rotatable bonds is 4. The molecule has 1 heterocycles. The van der Waals surface area contributed by atoms with Gasteiger partial charge in [-0.3, -0.25) is 10.2 Å². The molecule has 0 atom stereocenters. The fraction of sp³-hybridized carbons (Fsp3) is 0. The van der Waals surface area contributed by atoms with Crippen molar-refractivity contribution in [3.8, 4) is 12.3 Å². The van der Waals surface area contributed by atoms with Gasteiger partial charge in [0.2, 0.25) is 0 Å². The number of carbonyl (C=O) groups is 1. The fourth-order valence-electron chi connectivity index (χ4n) is 1.54. The molecule has 1 aromatic carbocycles. The van der Waals surface area contributed by atoms with Gasteiger partial charge in [0.1, 0.15) is 16.7 Å². The Hall–Kier alpha value is -2.84. The molecule has 0 saturated heterocycles. The van der Waals surface area contributed by atoms with Crippen molar-refractivity contribution < 1.29 is 4.79 Å². The summed E-state index contributed by atoms with van der Waals surface area (Å²) in [5.74, 6) is 2.62. The standard InChI is InChI=1S/C15H11ClN4O/c1-2-10-3-5-11(6-4-10)19-15(21)12-9-18-14(20-12)8-7-13(16)17/h1,3-9,17H,(H,18,20)(H,19,21)/b8-7-,17-13?. The predicted octanol–water partition coefficient (Wildman–Crippen LogP) is 2.87. The van der Waals surface area contributed by atoms with E-state index in [1.807, 2.05) is 0 Å². The number of allylic oxidation sites excluding steroid dienone is 1. The third-order valence-corrected chi connectivity index (χ3v) is 2.66. The first-order valence-electron chi connectivity index (χ1n) is 5.93. The molecular formula is C15H11ClN4O. The van der Waals surface area contributed by atoms with Crippen LogP contribution in [0, 0.1) is 17.8 Å². The van der Waals surface area contributed by atoms with Crippen molar-refractivity contribution in [1.82, 2.24) is 9.97 Å². The first-order chi connectivity index (χ1) is 10.1. The predicted molar refractivity (Wildman–Crippen MR) is 83.5 cm³/mol. The van der Waals surface area contributed by atoms with Gasteiger partial charge in [-0.15, -0.1) is 6.42 Å². The third kappa shape index (κ3) is 4.06. The number of amides is 1. The number of hydrogen-bond donors (Lipinski definition) is 3. The van der Waals surface area contributed by atoms with Gasteiger partial charge in [0, 0.05) is 11.3 Å². The molecule has 2 aromatic rings. The number of imidazole rings is 1. The first kappa shape index (κ1) is 14.6. The number of terminal acetylenes is 1. The van der Waals surface area contributed by atoms with Crippen molar-refractivity contribution in [3.63, 3.8) is 0 Å². The Bertz CT molecular complexity index is 738. The minimum Gasteiger partial charge on any atom is -0.334 e. The number of anilines is 1. The molecule has 0 spiro atoms. The van der Waals surface area contributed by atoms with Crippen LogP contribution in [0.25, 0.3) is 6.08 Å². The fourth-order valence-corrected chi connectivity index (χ4v) is 1.60. The van der Waals surface area contributed by atoms with Gasteiger partial charge in [-0.1, -0.05) is 17.5 Å². The minimum absolute atomic E-state index is 0.119. The first-order valence-corrected chi connectivity index (χ1v) is 6.31. The average molecular weight is 299 g/mol. The molecule has 0 aliphatic rings. The van der Waals surface area contributed by atoms with Crippen LogP contribution >= 0.6 is 11.6 Å². The van der Waals surface area contributed by atoms with Crippen molar-refractivity contribution in [1.29, 1.82) is 5.41 Å². The number of aromatic nitrogens is 2. The van der Waals surface area contributed by atoms with E-state index in [-0.39, 0.29) is 11.1 Å². The van der Waals surface area contributed by atoms with E-state index in [2.05, 4.69) is 21.2 Å². The molecule has 0 unspecified atom stereocenters. The smallest absolute Gasteiger partial charge is 0.273 e. The summed E-state index contributed by atoms with van der Waals surface area (Å²) in [4.78, 5) is 18.8. The Morgan fingerprint density at radius 1 is 1.43 bits per heavy atom. The van der Waals surface area contributed by atoms with Crippen molar-refractivity contribution in [3.05, 3.63) is 53.6 Å². The van der Waals surface area contributed by atoms with Crippen LogP contribution in [0.4, 0.5) is 5.69 Å². The highest BCUT2D eigenvalue weighted by molar-refractivity contribution is 6.67. The van der Waals surface area contributed by atoms with Crippen molar-refractivity contribution >= 4 is 34.4 Å². The maximum absolute atomic E-state index is 12.0. The number of hydrogen-bond acceptors (Lipinski definition) is 3. The van der Waals surface area contributed by atoms with Crippen molar-refractivity contribution in [2.45, 2.75) is 0 Å². The highest BCUT2D eigenvalue weighted by Crippen LogP contribution is 2.10. The van der Waals surface area contributed by atoms with Gasteiger partial charge in [-0.05, 0) is 36.4 Å². The molecule has 0 radical (unpaired) electrons. The van der Waals surface area contributed by atoms with E-state index in [4.69, 9.17) is 23.4 Å². The molecule has 104 valence electrons. The molecule has 0 aliphatic heterocycles. The normalized spacial score (nSPS) is 10.3. The number of carbonyl (C=O) groups excluding carboxylic acids is 1. The summed E-state index contributed by atoms with van der Waals surface area (Å²) < 4.78 is 0. The molecule has 1 amide bonds. The summed E-state index contributed by atoms with van der Waals surface area (Å²) >= 11 is 5.39. The van der Waals surface area contributed by atoms with Gasteiger partial charge < -0.3 is 10.3 Å². The maximum atomic E-state index is 12.0. The second-order valence-corrected chi connectivity index (χ2v) is 4.45. The zero-order valence-corrected chi connectivity index (χ0v) is 11.6. The zero-order valence-electron chi connectivity index (χ0n) is 10.9. The number of nitrogens with one attached hydrogen (secondary N) is 3. The number of benzene rings is 1. The Morgan fingerprint density at radius 2 is 2.14 bits per heavy atom. The lowest BCUT2D eigenvalue weighted by molar-refractivity contribution is 0.102. The maximum Gasteiger partial charge on any atom is 0.273 e. The summed E-state index contributed by atoms with van der Waals surface area (Å²) in [5, 5.41) is 9.66. The summed E-state index contributed by atoms with van der Waals surface area (Å²) in [6.07, 6.45) is 9.54. The molecule has 0 bridgehead atoms. The minimum atomic E-state index is -0.323. The highest BCUT2D eigenvalue weighted by Gasteiger charge is 2.08. The second kappa shape index (κ2) is 6.55. The quantitative estimate of drug-likeness (QED) is 0.599. The lowest BCUT2D eigenvalue weighted by Crippen LogP contribution is -2.12. The van der Waals surface area contributed by atoms with Gasteiger partial charge >= 0.3 is 0 Å². The molecule has 6 heteroatoms. The topological polar surface area (TPSA) is 81.6 Å². The van der Waals surface area contributed by atoms with Crippen LogP contribution < -0.4 is 5.32 Å². The van der Waals surface area contributed by atoms with Crippen LogP contribution in [0.5, 0.6) is 0 Å². The summed E-state index contributed by atoms with van der Waals surface area (Å²) in [5.41, 5.74) is 1.68. The molecule has 0 fully saturated rings. The van der Waals surface area contributed by atoms with Gasteiger partial charge in [-0.25, -0.2) is 4.98 Å². The van der Waals surface area contributed by atoms with Crippen LogP contribution in [-0.2, 0) is 0 Å². The largest absolute Gasteiger partial charge is 0.334 e. The van der Waals surface area contributed by atoms with E-state index in [9.17, 15) is 4.79 Å². The monoisotopic (exact) mass is 298 g/mol. The summed E-state index contributed by atoms with van der Waals surface area (Å²) in [6, 6.07) is 6.92.